The molecule has 0 radical (unpaired) electrons. The van der Waals surface area contributed by atoms with Crippen molar-refractivity contribution in [3.05, 3.63) is 29.8 Å². The molecule has 1 fully saturated rings. The fourth-order valence-corrected chi connectivity index (χ4v) is 2.91. The lowest BCUT2D eigenvalue weighted by atomic mass is 9.95. The molecule has 0 amide bonds. The molecule has 1 atom stereocenters. The van der Waals surface area contributed by atoms with Gasteiger partial charge in [-0.3, -0.25) is 4.90 Å². The molecule has 4 nitrogen and oxygen atoms in total. The van der Waals surface area contributed by atoms with E-state index in [1.807, 2.05) is 24.3 Å². The van der Waals surface area contributed by atoms with Gasteiger partial charge in [0.15, 0.2) is 0 Å². The van der Waals surface area contributed by atoms with Crippen LogP contribution in [-0.2, 0) is 4.74 Å². The number of methoxy groups -OCH3 is 1. The Bertz CT molecular complexity index is 495. The van der Waals surface area contributed by atoms with Crippen molar-refractivity contribution in [1.29, 1.82) is 0 Å². The quantitative estimate of drug-likeness (QED) is 0.817. The van der Waals surface area contributed by atoms with Crippen molar-refractivity contribution in [2.24, 2.45) is 5.73 Å². The zero-order valence-corrected chi connectivity index (χ0v) is 13.6. The van der Waals surface area contributed by atoms with E-state index in [2.05, 4.69) is 11.8 Å². The molecule has 0 saturated carbocycles. The van der Waals surface area contributed by atoms with E-state index in [4.69, 9.17) is 27.4 Å². The van der Waals surface area contributed by atoms with Crippen molar-refractivity contribution in [2.75, 3.05) is 33.4 Å². The standard InChI is InChI=1S/C16H24N2O2S/c1-16(19-2)8-5-9-18(12-16)10-11-20-14-7-4-3-6-13(14)15(17)21/h3-4,6-7H,5,8-12H2,1-2H3,(H2,17,21). The maximum Gasteiger partial charge on any atom is 0.129 e. The summed E-state index contributed by atoms with van der Waals surface area (Å²) in [5.74, 6) is 0.761. The highest BCUT2D eigenvalue weighted by molar-refractivity contribution is 7.80. The van der Waals surface area contributed by atoms with Crippen molar-refractivity contribution in [3.63, 3.8) is 0 Å². The molecule has 116 valence electrons. The molecule has 2 rings (SSSR count). The number of nitrogens with zero attached hydrogens (tertiary/aromatic N) is 1. The van der Waals surface area contributed by atoms with Gasteiger partial charge in [0.05, 0.1) is 11.2 Å². The van der Waals surface area contributed by atoms with Gasteiger partial charge in [-0.25, -0.2) is 0 Å². The molecule has 2 N–H and O–H groups in total. The maximum absolute atomic E-state index is 5.85. The number of benzene rings is 1. The SMILES string of the molecule is COC1(C)CCCN(CCOc2ccccc2C(N)=S)C1. The molecule has 1 aliphatic rings. The first-order valence-electron chi connectivity index (χ1n) is 7.33. The van der Waals surface area contributed by atoms with Crippen LogP contribution in [0.3, 0.4) is 0 Å². The number of para-hydroxylation sites is 1. The minimum atomic E-state index is -0.0328. The van der Waals surface area contributed by atoms with Gasteiger partial charge in [0.25, 0.3) is 0 Å². The smallest absolute Gasteiger partial charge is 0.129 e. The monoisotopic (exact) mass is 308 g/mol. The van der Waals surface area contributed by atoms with Gasteiger partial charge >= 0.3 is 0 Å². The summed E-state index contributed by atoms with van der Waals surface area (Å²) in [5.41, 5.74) is 6.47. The summed E-state index contributed by atoms with van der Waals surface area (Å²) in [6.45, 7) is 5.72. The highest BCUT2D eigenvalue weighted by Crippen LogP contribution is 2.24. The first kappa shape index (κ1) is 16.2. The highest BCUT2D eigenvalue weighted by Gasteiger charge is 2.30. The minimum Gasteiger partial charge on any atom is -0.492 e. The number of nitrogens with two attached hydrogens (primary N) is 1. The van der Waals surface area contributed by atoms with Crippen LogP contribution in [0.5, 0.6) is 5.75 Å². The van der Waals surface area contributed by atoms with Gasteiger partial charge in [0.2, 0.25) is 0 Å². The average Bonchev–Trinajstić information content (AvgIpc) is 2.48. The molecule has 1 aromatic rings. The van der Waals surface area contributed by atoms with E-state index in [0.717, 1.165) is 43.8 Å². The van der Waals surface area contributed by atoms with E-state index < -0.39 is 0 Å². The molecule has 1 saturated heterocycles. The fourth-order valence-electron chi connectivity index (χ4n) is 2.75. The van der Waals surface area contributed by atoms with Gasteiger partial charge in [0, 0.05) is 20.2 Å². The number of ether oxygens (including phenoxy) is 2. The summed E-state index contributed by atoms with van der Waals surface area (Å²) in [6, 6.07) is 7.64. The zero-order valence-electron chi connectivity index (χ0n) is 12.8. The third-order valence-corrected chi connectivity index (χ3v) is 4.27. The molecular formula is C16H24N2O2S. The van der Waals surface area contributed by atoms with Crippen LogP contribution in [0.2, 0.25) is 0 Å². The van der Waals surface area contributed by atoms with E-state index >= 15 is 0 Å². The molecule has 0 bridgehead atoms. The van der Waals surface area contributed by atoms with Gasteiger partial charge in [-0.2, -0.15) is 0 Å². The van der Waals surface area contributed by atoms with Crippen LogP contribution in [0.15, 0.2) is 24.3 Å². The maximum atomic E-state index is 5.85. The zero-order chi connectivity index (χ0) is 15.3. The number of thiocarbonyl (C=S) groups is 1. The summed E-state index contributed by atoms with van der Waals surface area (Å²) in [6.07, 6.45) is 2.28. The van der Waals surface area contributed by atoms with Crippen molar-refractivity contribution in [1.82, 2.24) is 4.90 Å². The fraction of sp³-hybridized carbons (Fsp3) is 0.562. The molecule has 1 unspecified atom stereocenters. The molecule has 0 aliphatic carbocycles. The van der Waals surface area contributed by atoms with Gasteiger partial charge < -0.3 is 15.2 Å². The van der Waals surface area contributed by atoms with Gasteiger partial charge in [-0.15, -0.1) is 0 Å². The normalized spacial score (nSPS) is 23.0. The third kappa shape index (κ3) is 4.40. The van der Waals surface area contributed by atoms with Crippen LogP contribution in [0, 0.1) is 0 Å². The van der Waals surface area contributed by atoms with E-state index in [0.29, 0.717) is 11.6 Å². The average molecular weight is 308 g/mol. The first-order chi connectivity index (χ1) is 10.0. The van der Waals surface area contributed by atoms with Crippen LogP contribution < -0.4 is 10.5 Å². The first-order valence-corrected chi connectivity index (χ1v) is 7.74. The number of hydrogen-bond acceptors (Lipinski definition) is 4. The molecule has 0 aromatic heterocycles. The number of piperidine rings is 1. The molecule has 1 aliphatic heterocycles. The van der Waals surface area contributed by atoms with E-state index in [1.54, 1.807) is 7.11 Å². The summed E-state index contributed by atoms with van der Waals surface area (Å²) >= 11 is 5.04. The molecule has 1 aromatic carbocycles. The van der Waals surface area contributed by atoms with Gasteiger partial charge in [-0.1, -0.05) is 24.4 Å². The Morgan fingerprint density at radius 1 is 1.43 bits per heavy atom. The summed E-state index contributed by atoms with van der Waals surface area (Å²) < 4.78 is 11.5. The molecular weight excluding hydrogens is 284 g/mol. The Hall–Kier alpha value is -1.17. The summed E-state index contributed by atoms with van der Waals surface area (Å²) in [7, 11) is 1.79. The summed E-state index contributed by atoms with van der Waals surface area (Å²) in [4.78, 5) is 2.76. The lowest BCUT2D eigenvalue weighted by molar-refractivity contribution is -0.0524. The second-order valence-corrected chi connectivity index (χ2v) is 6.18. The molecule has 0 spiro atoms. The van der Waals surface area contributed by atoms with Crippen LogP contribution >= 0.6 is 12.2 Å². The number of likely N-dealkylation sites (tertiary alicyclic amines) is 1. The van der Waals surface area contributed by atoms with Crippen LogP contribution in [0.4, 0.5) is 0 Å². The largest absolute Gasteiger partial charge is 0.492 e. The van der Waals surface area contributed by atoms with E-state index in [9.17, 15) is 0 Å². The van der Waals surface area contributed by atoms with E-state index in [-0.39, 0.29) is 5.60 Å². The van der Waals surface area contributed by atoms with Crippen LogP contribution in [-0.4, -0.2) is 48.8 Å². The number of rotatable bonds is 6. The highest BCUT2D eigenvalue weighted by atomic mass is 32.1. The summed E-state index contributed by atoms with van der Waals surface area (Å²) in [5, 5.41) is 0. The Morgan fingerprint density at radius 2 is 2.19 bits per heavy atom. The van der Waals surface area contributed by atoms with Gasteiger partial charge in [-0.05, 0) is 38.4 Å². The topological polar surface area (TPSA) is 47.7 Å². The predicted molar refractivity (Wildman–Crippen MR) is 88.9 cm³/mol. The second-order valence-electron chi connectivity index (χ2n) is 5.74. The molecule has 1 heterocycles. The lowest BCUT2D eigenvalue weighted by Crippen LogP contribution is -2.48. The van der Waals surface area contributed by atoms with Crippen LogP contribution in [0.25, 0.3) is 0 Å². The van der Waals surface area contributed by atoms with Crippen molar-refractivity contribution < 1.29 is 9.47 Å². The molecule has 21 heavy (non-hydrogen) atoms. The van der Waals surface area contributed by atoms with Crippen molar-refractivity contribution in [3.8, 4) is 5.75 Å². The minimum absolute atomic E-state index is 0.0328. The Balaban J connectivity index is 1.86. The second kappa shape index (κ2) is 7.20. The molecule has 5 heteroatoms. The Kier molecular flexibility index (Phi) is 5.56. The van der Waals surface area contributed by atoms with Crippen molar-refractivity contribution in [2.45, 2.75) is 25.4 Å². The Morgan fingerprint density at radius 3 is 2.90 bits per heavy atom. The third-order valence-electron chi connectivity index (χ3n) is 4.05. The lowest BCUT2D eigenvalue weighted by Gasteiger charge is -2.39. The predicted octanol–water partition coefficient (Wildman–Crippen LogP) is 2.20. The Labute approximate surface area is 132 Å². The van der Waals surface area contributed by atoms with Crippen molar-refractivity contribution >= 4 is 17.2 Å². The number of hydrogen-bond donors (Lipinski definition) is 1. The van der Waals surface area contributed by atoms with Crippen LogP contribution in [0.1, 0.15) is 25.3 Å². The van der Waals surface area contributed by atoms with E-state index in [1.165, 1.54) is 0 Å². The van der Waals surface area contributed by atoms with Gasteiger partial charge in [0.1, 0.15) is 17.3 Å².